The molecule has 2 aromatic rings. The number of rotatable bonds is 8. The van der Waals surface area contributed by atoms with Gasteiger partial charge < -0.3 is 15.2 Å². The molecule has 1 aromatic heterocycles. The lowest BCUT2D eigenvalue weighted by molar-refractivity contribution is 0.104. The number of aryl methyl sites for hydroxylation is 1. The Hall–Kier alpha value is -1.36. The van der Waals surface area contributed by atoms with Crippen LogP contribution in [-0.4, -0.2) is 30.4 Å². The smallest absolute Gasteiger partial charge is 0.119 e. The van der Waals surface area contributed by atoms with Crippen LogP contribution in [0.15, 0.2) is 41.1 Å². The van der Waals surface area contributed by atoms with Crippen molar-refractivity contribution in [2.45, 2.75) is 32.4 Å². The maximum absolute atomic E-state index is 9.97. The number of hydrogen-bond acceptors (Lipinski definition) is 4. The monoisotopic (exact) mass is 305 g/mol. The van der Waals surface area contributed by atoms with Crippen LogP contribution >= 0.6 is 11.3 Å². The number of thiophene rings is 1. The van der Waals surface area contributed by atoms with Gasteiger partial charge in [-0.3, -0.25) is 0 Å². The molecule has 2 N–H and O–H groups in total. The average molecular weight is 305 g/mol. The molecule has 0 amide bonds. The van der Waals surface area contributed by atoms with Crippen LogP contribution in [-0.2, 0) is 6.42 Å². The zero-order valence-corrected chi connectivity index (χ0v) is 13.4. The molecule has 1 heterocycles. The van der Waals surface area contributed by atoms with E-state index in [0.717, 1.165) is 17.7 Å². The Kier molecular flexibility index (Phi) is 6.23. The quantitative estimate of drug-likeness (QED) is 0.788. The van der Waals surface area contributed by atoms with E-state index in [2.05, 4.69) is 29.1 Å². The van der Waals surface area contributed by atoms with E-state index >= 15 is 0 Å². The van der Waals surface area contributed by atoms with Crippen LogP contribution in [0.2, 0.25) is 0 Å². The van der Waals surface area contributed by atoms with Crippen molar-refractivity contribution in [3.63, 3.8) is 0 Å². The number of aliphatic hydroxyl groups excluding tert-OH is 1. The topological polar surface area (TPSA) is 41.5 Å². The molecule has 0 aliphatic heterocycles. The molecule has 0 saturated carbocycles. The molecule has 2 unspecified atom stereocenters. The summed E-state index contributed by atoms with van der Waals surface area (Å²) in [6.45, 7) is 5.00. The van der Waals surface area contributed by atoms with Gasteiger partial charge in [0.25, 0.3) is 0 Å². The second-order valence-electron chi connectivity index (χ2n) is 5.43. The molecular formula is C17H23NO2S. The Bertz CT molecular complexity index is 527. The fourth-order valence-corrected chi connectivity index (χ4v) is 2.81. The molecule has 3 nitrogen and oxygen atoms in total. The highest BCUT2D eigenvalue weighted by Crippen LogP contribution is 2.12. The Balaban J connectivity index is 1.66. The second kappa shape index (κ2) is 8.17. The number of hydrogen-bond donors (Lipinski definition) is 2. The predicted molar refractivity (Wildman–Crippen MR) is 88.2 cm³/mol. The normalized spacial score (nSPS) is 13.9. The SMILES string of the molecule is Cc1cccc(OCC(O)CNC(C)Cc2ccsc2)c1. The zero-order chi connectivity index (χ0) is 15.1. The molecule has 2 rings (SSSR count). The van der Waals surface area contributed by atoms with Gasteiger partial charge in [-0.2, -0.15) is 11.3 Å². The predicted octanol–water partition coefficient (Wildman–Crippen LogP) is 3.02. The number of benzene rings is 1. The third kappa shape index (κ3) is 5.87. The summed E-state index contributed by atoms with van der Waals surface area (Å²) in [6, 6.07) is 10.3. The molecule has 2 atom stereocenters. The summed E-state index contributed by atoms with van der Waals surface area (Å²) in [6.07, 6.45) is 0.477. The van der Waals surface area contributed by atoms with Crippen molar-refractivity contribution >= 4 is 11.3 Å². The average Bonchev–Trinajstić information content (AvgIpc) is 2.96. The minimum absolute atomic E-state index is 0.307. The molecule has 0 fully saturated rings. The highest BCUT2D eigenvalue weighted by atomic mass is 32.1. The summed E-state index contributed by atoms with van der Waals surface area (Å²) >= 11 is 1.72. The van der Waals surface area contributed by atoms with E-state index < -0.39 is 6.10 Å². The van der Waals surface area contributed by atoms with E-state index in [9.17, 15) is 5.11 Å². The van der Waals surface area contributed by atoms with Crippen molar-refractivity contribution in [1.82, 2.24) is 5.32 Å². The van der Waals surface area contributed by atoms with E-state index in [4.69, 9.17) is 4.74 Å². The minimum atomic E-state index is -0.504. The molecule has 0 saturated heterocycles. The molecule has 114 valence electrons. The van der Waals surface area contributed by atoms with Gasteiger partial charge in [0.05, 0.1) is 0 Å². The van der Waals surface area contributed by atoms with Gasteiger partial charge in [0, 0.05) is 12.6 Å². The highest BCUT2D eigenvalue weighted by molar-refractivity contribution is 7.07. The van der Waals surface area contributed by atoms with Crippen molar-refractivity contribution in [2.24, 2.45) is 0 Å². The molecule has 0 aliphatic carbocycles. The largest absolute Gasteiger partial charge is 0.491 e. The summed E-state index contributed by atoms with van der Waals surface area (Å²) in [7, 11) is 0. The summed E-state index contributed by atoms with van der Waals surface area (Å²) in [5, 5.41) is 17.6. The van der Waals surface area contributed by atoms with E-state index in [1.807, 2.05) is 31.2 Å². The number of aliphatic hydroxyl groups is 1. The first-order chi connectivity index (χ1) is 10.1. The highest BCUT2D eigenvalue weighted by Gasteiger charge is 2.09. The molecule has 0 aliphatic rings. The standard InChI is InChI=1S/C17H23NO2S/c1-13-4-3-5-17(8-13)20-11-16(19)10-18-14(2)9-15-6-7-21-12-15/h3-8,12,14,16,18-19H,9-11H2,1-2H3. The lowest BCUT2D eigenvalue weighted by Gasteiger charge is -2.17. The third-order valence-electron chi connectivity index (χ3n) is 3.26. The number of ether oxygens (including phenoxy) is 1. The Morgan fingerprint density at radius 1 is 1.33 bits per heavy atom. The van der Waals surface area contributed by atoms with Crippen LogP contribution in [0.25, 0.3) is 0 Å². The lowest BCUT2D eigenvalue weighted by Crippen LogP contribution is -2.37. The first-order valence-electron chi connectivity index (χ1n) is 7.25. The van der Waals surface area contributed by atoms with Gasteiger partial charge >= 0.3 is 0 Å². The summed E-state index contributed by atoms with van der Waals surface area (Å²) in [4.78, 5) is 0. The molecule has 0 radical (unpaired) electrons. The molecule has 4 heteroatoms. The lowest BCUT2D eigenvalue weighted by atomic mass is 10.1. The maximum atomic E-state index is 9.97. The van der Waals surface area contributed by atoms with Gasteiger partial charge in [0.15, 0.2) is 0 Å². The van der Waals surface area contributed by atoms with E-state index in [1.165, 1.54) is 5.56 Å². The van der Waals surface area contributed by atoms with Crippen LogP contribution in [0.3, 0.4) is 0 Å². The zero-order valence-electron chi connectivity index (χ0n) is 12.6. The van der Waals surface area contributed by atoms with Gasteiger partial charge in [0.1, 0.15) is 18.5 Å². The Labute approximate surface area is 130 Å². The maximum Gasteiger partial charge on any atom is 0.119 e. The van der Waals surface area contributed by atoms with Gasteiger partial charge in [-0.05, 0) is 60.4 Å². The van der Waals surface area contributed by atoms with Crippen LogP contribution in [0.1, 0.15) is 18.1 Å². The molecular weight excluding hydrogens is 282 g/mol. The summed E-state index contributed by atoms with van der Waals surface area (Å²) in [5.74, 6) is 0.806. The van der Waals surface area contributed by atoms with Gasteiger partial charge in [0.2, 0.25) is 0 Å². The van der Waals surface area contributed by atoms with E-state index in [1.54, 1.807) is 11.3 Å². The number of nitrogens with one attached hydrogen (secondary N) is 1. The molecule has 0 spiro atoms. The van der Waals surface area contributed by atoms with Crippen LogP contribution in [0.5, 0.6) is 5.75 Å². The first kappa shape index (κ1) is 16.0. The molecule has 0 bridgehead atoms. The van der Waals surface area contributed by atoms with Crippen LogP contribution in [0.4, 0.5) is 0 Å². The van der Waals surface area contributed by atoms with Crippen molar-refractivity contribution in [3.8, 4) is 5.75 Å². The van der Waals surface area contributed by atoms with Gasteiger partial charge in [-0.25, -0.2) is 0 Å². The van der Waals surface area contributed by atoms with E-state index in [-0.39, 0.29) is 0 Å². The Morgan fingerprint density at radius 2 is 2.19 bits per heavy atom. The van der Waals surface area contributed by atoms with Crippen molar-refractivity contribution < 1.29 is 9.84 Å². The molecule has 1 aromatic carbocycles. The van der Waals surface area contributed by atoms with Gasteiger partial charge in [-0.1, -0.05) is 12.1 Å². The fourth-order valence-electron chi connectivity index (χ4n) is 2.13. The Morgan fingerprint density at radius 3 is 2.90 bits per heavy atom. The third-order valence-corrected chi connectivity index (χ3v) is 3.99. The first-order valence-corrected chi connectivity index (χ1v) is 8.20. The second-order valence-corrected chi connectivity index (χ2v) is 6.21. The fraction of sp³-hybridized carbons (Fsp3) is 0.412. The van der Waals surface area contributed by atoms with E-state index in [0.29, 0.717) is 19.2 Å². The van der Waals surface area contributed by atoms with Crippen molar-refractivity contribution in [1.29, 1.82) is 0 Å². The van der Waals surface area contributed by atoms with Crippen LogP contribution in [0, 0.1) is 6.92 Å². The van der Waals surface area contributed by atoms with Crippen molar-refractivity contribution in [3.05, 3.63) is 52.2 Å². The minimum Gasteiger partial charge on any atom is -0.491 e. The van der Waals surface area contributed by atoms with Gasteiger partial charge in [-0.15, -0.1) is 0 Å². The summed E-state index contributed by atoms with van der Waals surface area (Å²) < 4.78 is 5.60. The van der Waals surface area contributed by atoms with Crippen LogP contribution < -0.4 is 10.1 Å². The van der Waals surface area contributed by atoms with Crippen molar-refractivity contribution in [2.75, 3.05) is 13.2 Å². The molecule has 21 heavy (non-hydrogen) atoms. The summed E-state index contributed by atoms with van der Waals surface area (Å²) in [5.41, 5.74) is 2.50.